The molecule has 35 heavy (non-hydrogen) atoms. The van der Waals surface area contributed by atoms with Gasteiger partial charge in [0.25, 0.3) is 11.6 Å². The lowest BCUT2D eigenvalue weighted by Gasteiger charge is -2.25. The van der Waals surface area contributed by atoms with Crippen LogP contribution in [0.25, 0.3) is 22.6 Å². The molecule has 1 aliphatic heterocycles. The minimum absolute atomic E-state index is 0.0172. The maximum absolute atomic E-state index is 13.7. The molecule has 2 amide bonds. The van der Waals surface area contributed by atoms with Gasteiger partial charge in [-0.15, -0.1) is 16.9 Å². The van der Waals surface area contributed by atoms with Crippen LogP contribution in [0.1, 0.15) is 12.5 Å². The van der Waals surface area contributed by atoms with E-state index in [1.807, 2.05) is 0 Å². The van der Waals surface area contributed by atoms with E-state index in [1.165, 1.54) is 24.7 Å². The smallest absolute Gasteiger partial charge is 0.388 e. The minimum atomic E-state index is -4.75. The Kier molecular flexibility index (Phi) is 6.62. The minimum Gasteiger partial charge on any atom is -0.388 e. The van der Waals surface area contributed by atoms with Crippen LogP contribution in [0.15, 0.2) is 44.9 Å². The summed E-state index contributed by atoms with van der Waals surface area (Å²) in [7, 11) is 0.946. The maximum atomic E-state index is 13.7. The molecule has 3 aromatic heterocycles. The van der Waals surface area contributed by atoms with E-state index in [9.17, 15) is 22.8 Å². The zero-order valence-electron chi connectivity index (χ0n) is 18.3. The normalized spacial score (nSPS) is 17.8. The number of urea groups is 1. The molecule has 0 bridgehead atoms. The Morgan fingerprint density at radius 3 is 2.66 bits per heavy atom. The molecule has 3 aromatic rings. The molecular formula is C20H18F3N7O4S. The van der Waals surface area contributed by atoms with Gasteiger partial charge in [-0.05, 0) is 19.1 Å². The Labute approximate surface area is 199 Å². The third-order valence-electron chi connectivity index (χ3n) is 4.91. The largest absolute Gasteiger partial charge is 0.439 e. The number of alkyl halides is 3. The van der Waals surface area contributed by atoms with Crippen LogP contribution in [0.4, 0.5) is 23.8 Å². The number of aromatic amines is 1. The molecule has 0 fully saturated rings. The van der Waals surface area contributed by atoms with Crippen molar-refractivity contribution in [2.45, 2.75) is 18.8 Å². The van der Waals surface area contributed by atoms with Crippen LogP contribution in [-0.2, 0) is 4.74 Å². The number of aliphatic imine (C=N–C) groups is 1. The van der Waals surface area contributed by atoms with E-state index in [-0.39, 0.29) is 22.3 Å². The molecule has 0 aromatic carbocycles. The number of ether oxygens (including phenoxy) is 1. The molecule has 1 aliphatic rings. The van der Waals surface area contributed by atoms with Gasteiger partial charge in [-0.1, -0.05) is 0 Å². The van der Waals surface area contributed by atoms with E-state index < -0.39 is 29.4 Å². The summed E-state index contributed by atoms with van der Waals surface area (Å²) in [6, 6.07) is 2.47. The van der Waals surface area contributed by atoms with Crippen LogP contribution in [0.3, 0.4) is 0 Å². The number of halogens is 3. The molecule has 0 spiro atoms. The first-order valence-electron chi connectivity index (χ1n) is 10.1. The highest BCUT2D eigenvalue weighted by molar-refractivity contribution is 8.14. The van der Waals surface area contributed by atoms with Crippen LogP contribution in [0, 0.1) is 0 Å². The first kappa shape index (κ1) is 24.4. The van der Waals surface area contributed by atoms with E-state index in [1.54, 1.807) is 13.0 Å². The third-order valence-corrected chi connectivity index (χ3v) is 6.04. The van der Waals surface area contributed by atoms with Gasteiger partial charge >= 0.3 is 18.0 Å². The summed E-state index contributed by atoms with van der Waals surface area (Å²) < 4.78 is 50.9. The van der Waals surface area contributed by atoms with Crippen molar-refractivity contribution in [2.24, 2.45) is 4.99 Å². The topological polar surface area (TPSA) is 147 Å². The van der Waals surface area contributed by atoms with E-state index in [2.05, 4.69) is 35.8 Å². The van der Waals surface area contributed by atoms with Gasteiger partial charge in [0, 0.05) is 48.9 Å². The Balaban J connectivity index is 1.83. The molecule has 3 N–H and O–H groups in total. The molecule has 0 saturated carbocycles. The first-order valence-corrected chi connectivity index (χ1v) is 11.1. The number of hydrogen-bond acceptors (Lipinski definition) is 9. The quantitative estimate of drug-likeness (QED) is 0.459. The monoisotopic (exact) mass is 509 g/mol. The van der Waals surface area contributed by atoms with Gasteiger partial charge < -0.3 is 14.5 Å². The van der Waals surface area contributed by atoms with Crippen LogP contribution >= 0.6 is 11.8 Å². The number of pyridine rings is 2. The van der Waals surface area contributed by atoms with Crippen molar-refractivity contribution in [3.63, 3.8) is 0 Å². The van der Waals surface area contributed by atoms with Gasteiger partial charge in [-0.2, -0.15) is 13.2 Å². The van der Waals surface area contributed by atoms with Gasteiger partial charge in [0.1, 0.15) is 10.9 Å². The van der Waals surface area contributed by atoms with Gasteiger partial charge in [0.15, 0.2) is 0 Å². The van der Waals surface area contributed by atoms with Crippen LogP contribution in [-0.4, -0.2) is 62.5 Å². The van der Waals surface area contributed by atoms with Crippen molar-refractivity contribution < 1.29 is 27.1 Å². The zero-order chi connectivity index (χ0) is 25.2. The maximum Gasteiger partial charge on any atom is 0.439 e. The summed E-state index contributed by atoms with van der Waals surface area (Å²) in [5.41, 5.74) is -1.29. The van der Waals surface area contributed by atoms with Crippen molar-refractivity contribution in [1.82, 2.24) is 25.5 Å². The second-order valence-electron chi connectivity index (χ2n) is 7.17. The fourth-order valence-corrected chi connectivity index (χ4v) is 4.42. The molecule has 184 valence electrons. The van der Waals surface area contributed by atoms with Crippen molar-refractivity contribution in [2.75, 3.05) is 24.7 Å². The van der Waals surface area contributed by atoms with Crippen molar-refractivity contribution in [1.29, 1.82) is 0 Å². The lowest BCUT2D eigenvalue weighted by molar-refractivity contribution is -0.255. The summed E-state index contributed by atoms with van der Waals surface area (Å²) in [6.45, 7) is 2.09. The number of anilines is 1. The number of nitrogens with zero attached hydrogens (tertiary/aromatic N) is 4. The molecule has 1 unspecified atom stereocenters. The number of hydrogen-bond donors (Lipinski definition) is 3. The second-order valence-corrected chi connectivity index (χ2v) is 8.14. The molecular weight excluding hydrogens is 491 g/mol. The highest BCUT2D eigenvalue weighted by Crippen LogP contribution is 2.44. The molecule has 1 atom stereocenters. The average molecular weight is 509 g/mol. The molecule has 4 rings (SSSR count). The predicted octanol–water partition coefficient (Wildman–Crippen LogP) is 3.03. The lowest BCUT2D eigenvalue weighted by Crippen LogP contribution is -2.45. The summed E-state index contributed by atoms with van der Waals surface area (Å²) in [5.74, 6) is -1.16. The van der Waals surface area contributed by atoms with Crippen LogP contribution in [0.5, 0.6) is 0 Å². The van der Waals surface area contributed by atoms with Crippen LogP contribution < -0.4 is 16.4 Å². The third kappa shape index (κ3) is 4.90. The number of methoxy groups -OCH3 is 1. The Morgan fingerprint density at radius 1 is 1.26 bits per heavy atom. The van der Waals surface area contributed by atoms with E-state index >= 15 is 0 Å². The number of rotatable bonds is 6. The number of aromatic nitrogens is 4. The molecule has 0 radical (unpaired) electrons. The van der Waals surface area contributed by atoms with Crippen molar-refractivity contribution in [3.8, 4) is 22.6 Å². The number of thioether (sulfide) groups is 1. The fourth-order valence-electron chi connectivity index (χ4n) is 3.21. The van der Waals surface area contributed by atoms with Crippen molar-refractivity contribution in [3.05, 3.63) is 46.8 Å². The highest BCUT2D eigenvalue weighted by Gasteiger charge is 2.58. The summed E-state index contributed by atoms with van der Waals surface area (Å²) >= 11 is 0.856. The number of H-pyrrole nitrogens is 1. The first-order chi connectivity index (χ1) is 16.7. The number of nitrogens with one attached hydrogen (secondary N) is 3. The number of amides is 2. The summed E-state index contributed by atoms with van der Waals surface area (Å²) in [5, 5.41) is 11.0. The Hall–Kier alpha value is -3.72. The zero-order valence-corrected chi connectivity index (χ0v) is 19.1. The number of carbonyl (C=O) groups excluding carboxylic acids is 1. The molecule has 15 heteroatoms. The van der Waals surface area contributed by atoms with Gasteiger partial charge in [-0.25, -0.2) is 24.7 Å². The Bertz CT molecular complexity index is 1340. The fraction of sp³-hybridized carbons (Fsp3) is 0.300. The second kappa shape index (κ2) is 9.50. The van der Waals surface area contributed by atoms with E-state index in [0.29, 0.717) is 23.2 Å². The Morgan fingerprint density at radius 2 is 2.03 bits per heavy atom. The van der Waals surface area contributed by atoms with Gasteiger partial charge in [-0.3, -0.25) is 10.3 Å². The summed E-state index contributed by atoms with van der Waals surface area (Å²) in [6.07, 6.45) is -0.506. The number of carbonyl (C=O) groups is 1. The van der Waals surface area contributed by atoms with Crippen LogP contribution in [0.2, 0.25) is 0 Å². The highest BCUT2D eigenvalue weighted by atomic mass is 32.2. The van der Waals surface area contributed by atoms with Gasteiger partial charge in [0.2, 0.25) is 0 Å². The summed E-state index contributed by atoms with van der Waals surface area (Å²) in [4.78, 5) is 35.5. The molecule has 0 aliphatic carbocycles. The molecule has 11 nitrogen and oxygen atoms in total. The molecule has 4 heterocycles. The SMILES string of the molecule is CCNC(=O)Nc1cc(C2=NC(OC)(C(F)(F)F)CS2)c(-c2cncc(-c3n[nH]c(=O)o3)c2)cn1. The predicted molar refractivity (Wildman–Crippen MR) is 121 cm³/mol. The standard InChI is InChI=1S/C20H18F3N7O4S/c1-3-25-17(31)27-14-5-12(16-28-19(33-2,9-35-16)20(21,22)23)13(8-26-14)10-4-11(7-24-6-10)15-29-30-18(32)34-15/h4-8H,3,9H2,1-2H3,(H,30,32)(H2,25,26,27,31). The average Bonchev–Trinajstić information content (AvgIpc) is 3.46. The van der Waals surface area contributed by atoms with E-state index in [0.717, 1.165) is 18.9 Å². The van der Waals surface area contributed by atoms with Gasteiger partial charge in [0.05, 0.1) is 11.3 Å². The molecule has 0 saturated heterocycles. The van der Waals surface area contributed by atoms with E-state index in [4.69, 9.17) is 9.15 Å². The van der Waals surface area contributed by atoms with Crippen molar-refractivity contribution >= 4 is 28.7 Å². The lowest BCUT2D eigenvalue weighted by atomic mass is 10.0.